The van der Waals surface area contributed by atoms with Crippen molar-refractivity contribution in [2.24, 2.45) is 0 Å². The van der Waals surface area contributed by atoms with Crippen LogP contribution in [-0.2, 0) is 6.42 Å². The van der Waals surface area contributed by atoms with Gasteiger partial charge in [0.15, 0.2) is 0 Å². The second-order valence-corrected chi connectivity index (χ2v) is 6.20. The zero-order valence-corrected chi connectivity index (χ0v) is 13.2. The summed E-state index contributed by atoms with van der Waals surface area (Å²) in [5.74, 6) is 0.888. The van der Waals surface area contributed by atoms with E-state index in [2.05, 4.69) is 18.4 Å². The van der Waals surface area contributed by atoms with Crippen molar-refractivity contribution in [3.63, 3.8) is 0 Å². The molecule has 1 aromatic carbocycles. The van der Waals surface area contributed by atoms with E-state index in [1.54, 1.807) is 18.4 Å². The fourth-order valence-electron chi connectivity index (χ4n) is 2.98. The van der Waals surface area contributed by atoms with Crippen LogP contribution in [0.2, 0.25) is 0 Å². The van der Waals surface area contributed by atoms with Crippen molar-refractivity contribution >= 4 is 17.2 Å². The quantitative estimate of drug-likeness (QED) is 0.860. The Bertz CT molecular complexity index is 632. The average molecular weight is 301 g/mol. The van der Waals surface area contributed by atoms with Gasteiger partial charge in [0.1, 0.15) is 5.75 Å². The van der Waals surface area contributed by atoms with Crippen molar-refractivity contribution in [3.8, 4) is 5.75 Å². The number of carbonyl (C=O) groups is 1. The summed E-state index contributed by atoms with van der Waals surface area (Å²) in [4.78, 5) is 16.2. The lowest BCUT2D eigenvalue weighted by Gasteiger charge is -2.35. The summed E-state index contributed by atoms with van der Waals surface area (Å²) >= 11 is 1.80. The van der Waals surface area contributed by atoms with Gasteiger partial charge in [-0.05, 0) is 54.1 Å². The zero-order valence-electron chi connectivity index (χ0n) is 12.3. The lowest BCUT2D eigenvalue weighted by Crippen LogP contribution is -2.39. The fraction of sp³-hybridized carbons (Fsp3) is 0.353. The normalized spacial score (nSPS) is 17.4. The molecule has 0 bridgehead atoms. The Kier molecular flexibility index (Phi) is 3.97. The maximum atomic E-state index is 12.8. The number of methoxy groups -OCH3 is 1. The van der Waals surface area contributed by atoms with E-state index < -0.39 is 0 Å². The molecule has 3 rings (SSSR count). The average Bonchev–Trinajstić information content (AvgIpc) is 3.02. The second-order valence-electron chi connectivity index (χ2n) is 5.20. The summed E-state index contributed by atoms with van der Waals surface area (Å²) in [7, 11) is 1.63. The molecule has 0 saturated carbocycles. The number of amides is 1. The molecular formula is C17H19NO2S. The van der Waals surface area contributed by atoms with Crippen molar-refractivity contribution in [3.05, 3.63) is 51.7 Å². The molecule has 0 fully saturated rings. The van der Waals surface area contributed by atoms with Crippen LogP contribution in [0, 0.1) is 0 Å². The van der Waals surface area contributed by atoms with Gasteiger partial charge >= 0.3 is 0 Å². The van der Waals surface area contributed by atoms with Crippen LogP contribution in [0.3, 0.4) is 0 Å². The third kappa shape index (κ3) is 2.56. The van der Waals surface area contributed by atoms with Gasteiger partial charge in [0.05, 0.1) is 13.2 Å². The Morgan fingerprint density at radius 3 is 2.76 bits per heavy atom. The minimum Gasteiger partial charge on any atom is -0.497 e. The van der Waals surface area contributed by atoms with Crippen LogP contribution < -0.4 is 4.74 Å². The number of ether oxygens (including phenoxy) is 1. The highest BCUT2D eigenvalue weighted by Crippen LogP contribution is 2.36. The molecule has 4 heteroatoms. The predicted octanol–water partition coefficient (Wildman–Crippen LogP) is 3.91. The van der Waals surface area contributed by atoms with Gasteiger partial charge in [0.2, 0.25) is 0 Å². The molecule has 0 aliphatic carbocycles. The van der Waals surface area contributed by atoms with Gasteiger partial charge in [-0.3, -0.25) is 4.79 Å². The van der Waals surface area contributed by atoms with Gasteiger partial charge in [0.25, 0.3) is 5.91 Å². The maximum absolute atomic E-state index is 12.8. The van der Waals surface area contributed by atoms with Crippen molar-refractivity contribution in [2.45, 2.75) is 25.8 Å². The third-order valence-electron chi connectivity index (χ3n) is 4.08. The molecular weight excluding hydrogens is 282 g/mol. The van der Waals surface area contributed by atoms with E-state index in [1.807, 2.05) is 29.2 Å². The van der Waals surface area contributed by atoms with Crippen LogP contribution in [-0.4, -0.2) is 24.5 Å². The molecule has 110 valence electrons. The van der Waals surface area contributed by atoms with Crippen molar-refractivity contribution < 1.29 is 9.53 Å². The molecule has 2 aromatic rings. The van der Waals surface area contributed by atoms with Crippen LogP contribution in [0.25, 0.3) is 0 Å². The van der Waals surface area contributed by atoms with E-state index in [0.29, 0.717) is 0 Å². The van der Waals surface area contributed by atoms with Gasteiger partial charge in [0, 0.05) is 17.0 Å². The highest BCUT2D eigenvalue weighted by atomic mass is 32.1. The summed E-state index contributed by atoms with van der Waals surface area (Å²) in [6.45, 7) is 2.95. The summed E-state index contributed by atoms with van der Waals surface area (Å²) in [5.41, 5.74) is 2.06. The first-order valence-corrected chi connectivity index (χ1v) is 8.13. The lowest BCUT2D eigenvalue weighted by molar-refractivity contribution is 0.0657. The van der Waals surface area contributed by atoms with Crippen LogP contribution in [0.4, 0.5) is 0 Å². The molecule has 1 aliphatic rings. The van der Waals surface area contributed by atoms with Crippen molar-refractivity contribution in [2.75, 3.05) is 13.7 Å². The smallest absolute Gasteiger partial charge is 0.254 e. The van der Waals surface area contributed by atoms with Gasteiger partial charge in [-0.15, -0.1) is 11.3 Å². The summed E-state index contributed by atoms with van der Waals surface area (Å²) in [5, 5.41) is 2.13. The zero-order chi connectivity index (χ0) is 14.8. The number of nitrogens with zero attached hydrogens (tertiary/aromatic N) is 1. The van der Waals surface area contributed by atoms with Crippen molar-refractivity contribution in [1.82, 2.24) is 4.90 Å². The van der Waals surface area contributed by atoms with Crippen molar-refractivity contribution in [1.29, 1.82) is 0 Å². The molecule has 0 saturated heterocycles. The van der Waals surface area contributed by atoms with E-state index in [-0.39, 0.29) is 11.9 Å². The number of carbonyl (C=O) groups excluding carboxylic acids is 1. The largest absolute Gasteiger partial charge is 0.497 e. The van der Waals surface area contributed by atoms with Crippen LogP contribution in [0.1, 0.15) is 40.2 Å². The van der Waals surface area contributed by atoms with Gasteiger partial charge in [-0.2, -0.15) is 0 Å². The maximum Gasteiger partial charge on any atom is 0.254 e. The second kappa shape index (κ2) is 5.90. The summed E-state index contributed by atoms with van der Waals surface area (Å²) in [6, 6.07) is 9.74. The molecule has 1 unspecified atom stereocenters. The molecule has 1 atom stereocenters. The molecule has 1 aromatic heterocycles. The molecule has 1 amide bonds. The van der Waals surface area contributed by atoms with Gasteiger partial charge in [-0.1, -0.05) is 6.92 Å². The first kappa shape index (κ1) is 14.1. The highest BCUT2D eigenvalue weighted by molar-refractivity contribution is 7.10. The number of hydrogen-bond acceptors (Lipinski definition) is 3. The first-order valence-electron chi connectivity index (χ1n) is 7.26. The highest BCUT2D eigenvalue weighted by Gasteiger charge is 2.30. The molecule has 3 nitrogen and oxygen atoms in total. The van der Waals surface area contributed by atoms with E-state index in [9.17, 15) is 4.79 Å². The van der Waals surface area contributed by atoms with E-state index >= 15 is 0 Å². The Labute approximate surface area is 129 Å². The third-order valence-corrected chi connectivity index (χ3v) is 5.08. The van der Waals surface area contributed by atoms with Crippen LogP contribution in [0.15, 0.2) is 35.7 Å². The SMILES string of the molecule is CCC1c2ccsc2CCN1C(=O)c1ccc(OC)cc1. The summed E-state index contributed by atoms with van der Waals surface area (Å²) in [6.07, 6.45) is 1.91. The van der Waals surface area contributed by atoms with Crippen LogP contribution >= 0.6 is 11.3 Å². The van der Waals surface area contributed by atoms with E-state index in [1.165, 1.54) is 10.4 Å². The lowest BCUT2D eigenvalue weighted by atomic mass is 9.97. The number of hydrogen-bond donors (Lipinski definition) is 0. The minimum absolute atomic E-state index is 0.112. The minimum atomic E-state index is 0.112. The Hall–Kier alpha value is -1.81. The van der Waals surface area contributed by atoms with Gasteiger partial charge in [-0.25, -0.2) is 0 Å². The number of thiophene rings is 1. The molecule has 2 heterocycles. The fourth-order valence-corrected chi connectivity index (χ4v) is 3.91. The molecule has 21 heavy (non-hydrogen) atoms. The van der Waals surface area contributed by atoms with Gasteiger partial charge < -0.3 is 9.64 Å². The predicted molar refractivity (Wildman–Crippen MR) is 85.1 cm³/mol. The van der Waals surface area contributed by atoms with Crippen LogP contribution in [0.5, 0.6) is 5.75 Å². The standard InChI is InChI=1S/C17H19NO2S/c1-3-15-14-9-11-21-16(14)8-10-18(15)17(19)12-4-6-13(20-2)7-5-12/h4-7,9,11,15H,3,8,10H2,1-2H3. The number of fused-ring (bicyclic) bond motifs is 1. The topological polar surface area (TPSA) is 29.5 Å². The molecule has 0 spiro atoms. The molecule has 0 N–H and O–H groups in total. The van der Waals surface area contributed by atoms with E-state index in [0.717, 1.165) is 30.7 Å². The monoisotopic (exact) mass is 301 g/mol. The molecule has 1 aliphatic heterocycles. The Morgan fingerprint density at radius 1 is 1.33 bits per heavy atom. The Balaban J connectivity index is 1.87. The number of benzene rings is 1. The molecule has 0 radical (unpaired) electrons. The van der Waals surface area contributed by atoms with E-state index in [4.69, 9.17) is 4.74 Å². The summed E-state index contributed by atoms with van der Waals surface area (Å²) < 4.78 is 5.15. The Morgan fingerprint density at radius 2 is 2.10 bits per heavy atom. The first-order chi connectivity index (χ1) is 10.2. The number of rotatable bonds is 3.